The molecule has 0 aliphatic rings. The normalized spacial score (nSPS) is 14.7. The van der Waals surface area contributed by atoms with Crippen molar-refractivity contribution in [1.82, 2.24) is 5.32 Å². The molecule has 0 aromatic carbocycles. The molecule has 0 fully saturated rings. The maximum Gasteiger partial charge on any atom is 0.268 e. The molecule has 0 saturated heterocycles. The van der Waals surface area contributed by atoms with Gasteiger partial charge in [-0.2, -0.15) is 0 Å². The lowest BCUT2D eigenvalue weighted by molar-refractivity contribution is -0.870. The number of carbonyl (C=O) groups excluding carboxylic acids is 1. The molecule has 0 aliphatic carbocycles. The summed E-state index contributed by atoms with van der Waals surface area (Å²) in [6.07, 6.45) is 50.3. The van der Waals surface area contributed by atoms with Crippen LogP contribution in [0, 0.1) is 0 Å². The van der Waals surface area contributed by atoms with Crippen LogP contribution in [0.15, 0.2) is 48.6 Å². The van der Waals surface area contributed by atoms with E-state index in [-0.39, 0.29) is 12.5 Å². The molecule has 0 spiro atoms. The van der Waals surface area contributed by atoms with E-state index in [4.69, 9.17) is 9.05 Å². The first-order chi connectivity index (χ1) is 27.5. The fourth-order valence-corrected chi connectivity index (χ4v) is 7.18. The van der Waals surface area contributed by atoms with Gasteiger partial charge >= 0.3 is 0 Å². The van der Waals surface area contributed by atoms with E-state index in [1.54, 1.807) is 6.08 Å². The van der Waals surface area contributed by atoms with Crippen LogP contribution in [0.1, 0.15) is 200 Å². The molecule has 0 aromatic heterocycles. The van der Waals surface area contributed by atoms with Crippen LogP contribution in [0.25, 0.3) is 0 Å². The Bertz CT molecular complexity index is 1070. The van der Waals surface area contributed by atoms with E-state index >= 15 is 0 Å². The van der Waals surface area contributed by atoms with Crippen molar-refractivity contribution >= 4 is 13.7 Å². The smallest absolute Gasteiger partial charge is 0.268 e. The van der Waals surface area contributed by atoms with Crippen LogP contribution >= 0.6 is 7.82 Å². The van der Waals surface area contributed by atoms with Crippen molar-refractivity contribution < 1.29 is 32.9 Å². The van der Waals surface area contributed by atoms with Crippen molar-refractivity contribution in [3.05, 3.63) is 48.6 Å². The molecule has 0 rings (SSSR count). The van der Waals surface area contributed by atoms with Crippen molar-refractivity contribution in [2.75, 3.05) is 40.9 Å². The molecule has 3 unspecified atom stereocenters. The first-order valence-corrected chi connectivity index (χ1v) is 25.0. The predicted molar refractivity (Wildman–Crippen MR) is 242 cm³/mol. The highest BCUT2D eigenvalue weighted by Gasteiger charge is 2.23. The predicted octanol–water partition coefficient (Wildman–Crippen LogP) is 12.6. The third-order valence-corrected chi connectivity index (χ3v) is 11.2. The molecule has 334 valence electrons. The van der Waals surface area contributed by atoms with Crippen LogP contribution in [-0.2, 0) is 18.4 Å². The van der Waals surface area contributed by atoms with Crippen molar-refractivity contribution in [2.24, 2.45) is 0 Å². The zero-order valence-electron chi connectivity index (χ0n) is 37.8. The summed E-state index contributed by atoms with van der Waals surface area (Å²) in [6, 6.07) is -0.908. The zero-order valence-corrected chi connectivity index (χ0v) is 38.7. The lowest BCUT2D eigenvalue weighted by atomic mass is 10.0. The fourth-order valence-electron chi connectivity index (χ4n) is 6.46. The number of aliphatic hydroxyl groups excluding tert-OH is 1. The quantitative estimate of drug-likeness (QED) is 0.0275. The van der Waals surface area contributed by atoms with Crippen molar-refractivity contribution in [2.45, 2.75) is 212 Å². The van der Waals surface area contributed by atoms with Crippen molar-refractivity contribution in [3.8, 4) is 0 Å². The van der Waals surface area contributed by atoms with E-state index in [1.807, 2.05) is 27.2 Å². The van der Waals surface area contributed by atoms with Crippen LogP contribution in [0.4, 0.5) is 0 Å². The Kier molecular flexibility index (Phi) is 38.8. The highest BCUT2D eigenvalue weighted by atomic mass is 31.2. The molecule has 2 N–H and O–H groups in total. The van der Waals surface area contributed by atoms with Gasteiger partial charge in [-0.1, -0.05) is 178 Å². The largest absolute Gasteiger partial charge is 0.756 e. The molecule has 0 heterocycles. The summed E-state index contributed by atoms with van der Waals surface area (Å²) in [7, 11) is 1.23. The van der Waals surface area contributed by atoms with Crippen LogP contribution in [0.3, 0.4) is 0 Å². The Morgan fingerprint density at radius 1 is 0.596 bits per heavy atom. The maximum atomic E-state index is 12.9. The summed E-state index contributed by atoms with van der Waals surface area (Å²) in [5.74, 6) is -0.214. The van der Waals surface area contributed by atoms with Gasteiger partial charge in [-0.25, -0.2) is 0 Å². The number of hydrogen-bond donors (Lipinski definition) is 2. The molecular weight excluding hydrogens is 732 g/mol. The minimum Gasteiger partial charge on any atom is -0.756 e. The number of rotatable bonds is 42. The van der Waals surface area contributed by atoms with E-state index in [0.29, 0.717) is 17.4 Å². The highest BCUT2D eigenvalue weighted by Crippen LogP contribution is 2.38. The minimum atomic E-state index is -4.60. The highest BCUT2D eigenvalue weighted by molar-refractivity contribution is 7.45. The molecule has 0 radical (unpaired) electrons. The molecule has 9 heteroatoms. The summed E-state index contributed by atoms with van der Waals surface area (Å²) in [5.41, 5.74) is 0. The molecule has 0 aliphatic heterocycles. The molecule has 8 nitrogen and oxygen atoms in total. The van der Waals surface area contributed by atoms with Gasteiger partial charge in [0.05, 0.1) is 39.9 Å². The second-order valence-corrected chi connectivity index (χ2v) is 18.5. The molecule has 0 aromatic rings. The zero-order chi connectivity index (χ0) is 42.1. The second kappa shape index (κ2) is 39.9. The number of unbranched alkanes of at least 4 members (excludes halogenated alkanes) is 23. The first-order valence-electron chi connectivity index (χ1n) is 23.5. The SMILES string of the molecule is CCCC/C=C/CC/C=C/CC/C=C/C(O)C(COP(=O)([O-])OCC[N+](C)(C)C)NC(=O)CCCCCCCCCCCCC/C=C\CCCCCCCCCC. The second-order valence-electron chi connectivity index (χ2n) is 17.1. The first kappa shape index (κ1) is 55.5. The van der Waals surface area contributed by atoms with Gasteiger partial charge in [0.1, 0.15) is 13.2 Å². The number of nitrogens with zero attached hydrogens (tertiary/aromatic N) is 1. The van der Waals surface area contributed by atoms with E-state index in [9.17, 15) is 19.4 Å². The fraction of sp³-hybridized carbons (Fsp3) is 0.812. The number of aliphatic hydroxyl groups is 1. The number of carbonyl (C=O) groups is 1. The summed E-state index contributed by atoms with van der Waals surface area (Å²) in [4.78, 5) is 25.3. The average Bonchev–Trinajstić information content (AvgIpc) is 3.16. The van der Waals surface area contributed by atoms with Gasteiger partial charge in [-0.05, 0) is 64.2 Å². The van der Waals surface area contributed by atoms with Crippen LogP contribution in [0.2, 0.25) is 0 Å². The Hall–Kier alpha value is -1.54. The third kappa shape index (κ3) is 42.4. The summed E-state index contributed by atoms with van der Waals surface area (Å²) in [6.45, 7) is 4.56. The topological polar surface area (TPSA) is 108 Å². The van der Waals surface area contributed by atoms with Crippen LogP contribution in [-0.4, -0.2) is 68.5 Å². The Labute approximate surface area is 352 Å². The van der Waals surface area contributed by atoms with Gasteiger partial charge in [0, 0.05) is 6.42 Å². The standard InChI is InChI=1S/C48H91N2O6P/c1-6-8-10-12-14-16-18-20-21-22-23-24-25-26-27-28-29-30-32-34-36-38-40-42-48(52)49-46(45-56-57(53,54)55-44-43-50(3,4)5)47(51)41-39-37-35-33-31-19-17-15-13-11-9-7-2/h13,15,22-23,31,33,39,41,46-47,51H,6-12,14,16-21,24-30,32,34-38,40,42-45H2,1-5H3,(H-,49,52,53,54)/b15-13+,23-22-,33-31+,41-39+. The van der Waals surface area contributed by atoms with Crippen LogP contribution in [0.5, 0.6) is 0 Å². The number of phosphoric ester groups is 1. The number of amides is 1. The number of nitrogens with one attached hydrogen (secondary N) is 1. The Balaban J connectivity index is 4.29. The number of allylic oxidation sites excluding steroid dienone is 7. The summed E-state index contributed by atoms with van der Waals surface area (Å²) in [5, 5.41) is 13.7. The van der Waals surface area contributed by atoms with Gasteiger partial charge in [-0.3, -0.25) is 9.36 Å². The van der Waals surface area contributed by atoms with Gasteiger partial charge in [-0.15, -0.1) is 0 Å². The maximum absolute atomic E-state index is 12.9. The van der Waals surface area contributed by atoms with E-state index in [2.05, 4.69) is 55.6 Å². The lowest BCUT2D eigenvalue weighted by Crippen LogP contribution is -2.45. The molecule has 0 saturated carbocycles. The van der Waals surface area contributed by atoms with Crippen molar-refractivity contribution in [3.63, 3.8) is 0 Å². The monoisotopic (exact) mass is 823 g/mol. The molecule has 0 bridgehead atoms. The number of phosphoric acid groups is 1. The van der Waals surface area contributed by atoms with E-state index in [0.717, 1.165) is 51.4 Å². The molecular formula is C48H91N2O6P. The van der Waals surface area contributed by atoms with Gasteiger partial charge in [0.15, 0.2) is 0 Å². The van der Waals surface area contributed by atoms with E-state index in [1.165, 1.54) is 128 Å². The van der Waals surface area contributed by atoms with E-state index < -0.39 is 26.6 Å². The number of quaternary nitrogens is 1. The molecule has 57 heavy (non-hydrogen) atoms. The lowest BCUT2D eigenvalue weighted by Gasteiger charge is -2.29. The summed E-state index contributed by atoms with van der Waals surface area (Å²) >= 11 is 0. The summed E-state index contributed by atoms with van der Waals surface area (Å²) < 4.78 is 23.2. The van der Waals surface area contributed by atoms with Crippen LogP contribution < -0.4 is 10.2 Å². The minimum absolute atomic E-state index is 0.00996. The number of likely N-dealkylation sites (N-methyl/N-ethyl adjacent to an activating group) is 1. The van der Waals surface area contributed by atoms with Crippen molar-refractivity contribution in [1.29, 1.82) is 0 Å². The average molecular weight is 823 g/mol. The molecule has 1 amide bonds. The van der Waals surface area contributed by atoms with Gasteiger partial charge in [0.2, 0.25) is 5.91 Å². The van der Waals surface area contributed by atoms with Gasteiger partial charge in [0.25, 0.3) is 7.82 Å². The van der Waals surface area contributed by atoms with Gasteiger partial charge < -0.3 is 28.8 Å². The number of hydrogen-bond acceptors (Lipinski definition) is 6. The Morgan fingerprint density at radius 2 is 1.00 bits per heavy atom. The molecule has 3 atom stereocenters. The Morgan fingerprint density at radius 3 is 1.47 bits per heavy atom. The third-order valence-electron chi connectivity index (χ3n) is 10.2.